The summed E-state index contributed by atoms with van der Waals surface area (Å²) >= 11 is 0. The molecule has 1 unspecified atom stereocenters. The average molecular weight is 222 g/mol. The molecule has 1 atom stereocenters. The number of ketones is 2. The molecule has 0 spiro atoms. The molecule has 0 aromatic rings. The first-order valence-electron chi connectivity index (χ1n) is 5.06. The second-order valence-electron chi connectivity index (χ2n) is 3.83. The molecule has 0 aromatic carbocycles. The molecule has 0 N–H and O–H groups in total. The predicted octanol–water partition coefficient (Wildman–Crippen LogP) is 2.66. The van der Waals surface area contributed by atoms with Gasteiger partial charge in [0.2, 0.25) is 5.78 Å². The van der Waals surface area contributed by atoms with Crippen LogP contribution in [0.4, 0.5) is 13.2 Å². The Morgan fingerprint density at radius 1 is 1.13 bits per heavy atom. The predicted molar refractivity (Wildman–Crippen MR) is 47.3 cm³/mol. The van der Waals surface area contributed by atoms with Crippen molar-refractivity contribution < 1.29 is 22.8 Å². The fraction of sp³-hybridized carbons (Fsp3) is 0.800. The van der Waals surface area contributed by atoms with Gasteiger partial charge in [-0.05, 0) is 12.8 Å². The molecule has 0 aromatic heterocycles. The minimum atomic E-state index is -4.88. The minimum Gasteiger partial charge on any atom is -0.299 e. The zero-order valence-corrected chi connectivity index (χ0v) is 8.27. The van der Waals surface area contributed by atoms with Gasteiger partial charge >= 0.3 is 6.18 Å². The smallest absolute Gasteiger partial charge is 0.299 e. The molecule has 1 saturated carbocycles. The maximum atomic E-state index is 12.1. The summed E-state index contributed by atoms with van der Waals surface area (Å²) in [5.41, 5.74) is 0. The van der Waals surface area contributed by atoms with Crippen molar-refractivity contribution in [1.29, 1.82) is 0 Å². The van der Waals surface area contributed by atoms with Gasteiger partial charge in [0.05, 0.1) is 5.92 Å². The van der Waals surface area contributed by atoms with E-state index in [-0.39, 0.29) is 12.8 Å². The fourth-order valence-corrected chi connectivity index (χ4v) is 1.81. The van der Waals surface area contributed by atoms with Crippen LogP contribution in [0.25, 0.3) is 0 Å². The van der Waals surface area contributed by atoms with Crippen molar-refractivity contribution in [2.75, 3.05) is 0 Å². The first kappa shape index (κ1) is 12.2. The monoisotopic (exact) mass is 222 g/mol. The van der Waals surface area contributed by atoms with Crippen LogP contribution in [0.3, 0.4) is 0 Å². The number of hydrogen-bond donors (Lipinski definition) is 0. The molecule has 5 heteroatoms. The number of rotatable bonds is 1. The van der Waals surface area contributed by atoms with Gasteiger partial charge in [-0.25, -0.2) is 0 Å². The molecule has 0 heterocycles. The lowest BCUT2D eigenvalue weighted by atomic mass is 9.87. The minimum absolute atomic E-state index is 0.0528. The standard InChI is InChI=1S/C10H13F3O2/c11-10(12,13)9(15)7-5-3-1-2-4-6-8(7)14/h7H,1-6H2. The summed E-state index contributed by atoms with van der Waals surface area (Å²) in [6.45, 7) is 0. The fourth-order valence-electron chi connectivity index (χ4n) is 1.81. The Morgan fingerprint density at radius 3 is 2.33 bits per heavy atom. The summed E-state index contributed by atoms with van der Waals surface area (Å²) in [6.07, 6.45) is -1.94. The quantitative estimate of drug-likeness (QED) is 0.639. The van der Waals surface area contributed by atoms with Gasteiger partial charge in [0.15, 0.2) is 0 Å². The molecule has 1 aliphatic rings. The van der Waals surface area contributed by atoms with Crippen molar-refractivity contribution in [3.05, 3.63) is 0 Å². The van der Waals surface area contributed by atoms with E-state index >= 15 is 0 Å². The summed E-state index contributed by atoms with van der Waals surface area (Å²) in [7, 11) is 0. The van der Waals surface area contributed by atoms with Crippen molar-refractivity contribution in [3.8, 4) is 0 Å². The first-order chi connectivity index (χ1) is 6.93. The molecular formula is C10H13F3O2. The van der Waals surface area contributed by atoms with Crippen LogP contribution < -0.4 is 0 Å². The highest BCUT2D eigenvalue weighted by molar-refractivity contribution is 6.04. The van der Waals surface area contributed by atoms with Crippen LogP contribution in [0, 0.1) is 5.92 Å². The van der Waals surface area contributed by atoms with E-state index in [0.29, 0.717) is 12.8 Å². The van der Waals surface area contributed by atoms with Gasteiger partial charge in [-0.15, -0.1) is 0 Å². The van der Waals surface area contributed by atoms with E-state index < -0.39 is 23.7 Å². The van der Waals surface area contributed by atoms with Crippen molar-refractivity contribution in [3.63, 3.8) is 0 Å². The third kappa shape index (κ3) is 3.32. The highest BCUT2D eigenvalue weighted by Gasteiger charge is 2.45. The lowest BCUT2D eigenvalue weighted by Gasteiger charge is -2.18. The Labute approximate surface area is 85.8 Å². The maximum absolute atomic E-state index is 12.1. The van der Waals surface area contributed by atoms with Gasteiger partial charge in [-0.2, -0.15) is 13.2 Å². The van der Waals surface area contributed by atoms with Crippen LogP contribution in [0.15, 0.2) is 0 Å². The van der Waals surface area contributed by atoms with Crippen LogP contribution in [0.5, 0.6) is 0 Å². The molecule has 0 saturated heterocycles. The van der Waals surface area contributed by atoms with Crippen LogP contribution in [-0.2, 0) is 9.59 Å². The van der Waals surface area contributed by atoms with E-state index in [1.807, 2.05) is 0 Å². The van der Waals surface area contributed by atoms with Crippen molar-refractivity contribution >= 4 is 11.6 Å². The normalized spacial score (nSPS) is 24.5. The molecule has 2 nitrogen and oxygen atoms in total. The third-order valence-corrected chi connectivity index (χ3v) is 2.65. The summed E-state index contributed by atoms with van der Waals surface area (Å²) in [5, 5.41) is 0. The Kier molecular flexibility index (Phi) is 3.88. The van der Waals surface area contributed by atoms with Gasteiger partial charge in [0.25, 0.3) is 0 Å². The summed E-state index contributed by atoms with van der Waals surface area (Å²) < 4.78 is 36.4. The highest BCUT2D eigenvalue weighted by atomic mass is 19.4. The SMILES string of the molecule is O=C1CCCCCCC1C(=O)C(F)(F)F. The largest absolute Gasteiger partial charge is 0.450 e. The molecule has 1 fully saturated rings. The first-order valence-corrected chi connectivity index (χ1v) is 5.06. The number of carbonyl (C=O) groups is 2. The molecule has 0 aliphatic heterocycles. The Balaban J connectivity index is 2.71. The van der Waals surface area contributed by atoms with E-state index in [9.17, 15) is 22.8 Å². The number of halogens is 3. The molecule has 15 heavy (non-hydrogen) atoms. The number of alkyl halides is 3. The zero-order chi connectivity index (χ0) is 11.5. The molecule has 86 valence electrons. The maximum Gasteiger partial charge on any atom is 0.450 e. The molecule has 1 aliphatic carbocycles. The second kappa shape index (κ2) is 4.77. The van der Waals surface area contributed by atoms with Gasteiger partial charge in [0.1, 0.15) is 5.78 Å². The van der Waals surface area contributed by atoms with Crippen LogP contribution in [-0.4, -0.2) is 17.7 Å². The van der Waals surface area contributed by atoms with Gasteiger partial charge in [-0.3, -0.25) is 9.59 Å². The number of Topliss-reactive ketones (excluding diaryl/α,β-unsaturated/α-hetero) is 2. The summed E-state index contributed by atoms with van der Waals surface area (Å²) in [4.78, 5) is 22.3. The van der Waals surface area contributed by atoms with Crippen molar-refractivity contribution in [1.82, 2.24) is 0 Å². The summed E-state index contributed by atoms with van der Waals surface area (Å²) in [5.74, 6) is -3.85. The Bertz CT molecular complexity index is 258. The van der Waals surface area contributed by atoms with Gasteiger partial charge in [-0.1, -0.05) is 19.3 Å². The van der Waals surface area contributed by atoms with Gasteiger partial charge in [0, 0.05) is 6.42 Å². The molecular weight excluding hydrogens is 209 g/mol. The summed E-state index contributed by atoms with van der Waals surface area (Å²) in [6, 6.07) is 0. The number of carbonyl (C=O) groups excluding carboxylic acids is 2. The van der Waals surface area contributed by atoms with Gasteiger partial charge < -0.3 is 0 Å². The highest BCUT2D eigenvalue weighted by Crippen LogP contribution is 2.27. The second-order valence-corrected chi connectivity index (χ2v) is 3.83. The molecule has 1 rings (SSSR count). The van der Waals surface area contributed by atoms with Crippen molar-refractivity contribution in [2.24, 2.45) is 5.92 Å². The topological polar surface area (TPSA) is 34.1 Å². The van der Waals surface area contributed by atoms with Crippen LogP contribution in [0.2, 0.25) is 0 Å². The Hall–Kier alpha value is -0.870. The molecule has 0 amide bonds. The third-order valence-electron chi connectivity index (χ3n) is 2.65. The van der Waals surface area contributed by atoms with Crippen LogP contribution in [0.1, 0.15) is 38.5 Å². The lowest BCUT2D eigenvalue weighted by Crippen LogP contribution is -2.35. The van der Waals surface area contributed by atoms with Crippen molar-refractivity contribution in [2.45, 2.75) is 44.7 Å². The molecule has 0 bridgehead atoms. The van der Waals surface area contributed by atoms with E-state index in [1.165, 1.54) is 0 Å². The van der Waals surface area contributed by atoms with E-state index in [1.54, 1.807) is 0 Å². The average Bonchev–Trinajstić information content (AvgIpc) is 2.10. The lowest BCUT2D eigenvalue weighted by molar-refractivity contribution is -0.177. The van der Waals surface area contributed by atoms with E-state index in [0.717, 1.165) is 12.8 Å². The zero-order valence-electron chi connectivity index (χ0n) is 8.27. The van der Waals surface area contributed by atoms with E-state index in [2.05, 4.69) is 0 Å². The molecule has 0 radical (unpaired) electrons. The van der Waals surface area contributed by atoms with E-state index in [4.69, 9.17) is 0 Å². The number of hydrogen-bond acceptors (Lipinski definition) is 2. The van der Waals surface area contributed by atoms with Crippen LogP contribution >= 0.6 is 0 Å². The Morgan fingerprint density at radius 2 is 1.73 bits per heavy atom.